The zero-order valence-electron chi connectivity index (χ0n) is 20.1. The Morgan fingerprint density at radius 2 is 1.23 bits per heavy atom. The molecule has 1 aromatic heterocycles. The first-order chi connectivity index (χ1) is 15.0. The number of ether oxygens (including phenoxy) is 2. The fraction of sp³-hybridized carbons (Fsp3) is 0.393. The van der Waals surface area contributed by atoms with Gasteiger partial charge >= 0.3 is 0 Å². The van der Waals surface area contributed by atoms with Crippen LogP contribution in [-0.4, -0.2) is 19.2 Å². The van der Waals surface area contributed by atoms with Crippen LogP contribution in [0.5, 0.6) is 11.5 Å². The molecule has 0 aliphatic carbocycles. The normalized spacial score (nSPS) is 10.9. The van der Waals surface area contributed by atoms with Gasteiger partial charge in [0.15, 0.2) is 0 Å². The van der Waals surface area contributed by atoms with Crippen LogP contribution in [0.2, 0.25) is 0 Å². The minimum atomic E-state index is 0.909. The van der Waals surface area contributed by atoms with E-state index in [4.69, 9.17) is 14.5 Å². The molecule has 0 N–H and O–H groups in total. The van der Waals surface area contributed by atoms with Crippen LogP contribution in [0.25, 0.3) is 22.3 Å². The molecule has 3 heteroatoms. The number of aromatic nitrogens is 1. The predicted molar refractivity (Wildman–Crippen MR) is 130 cm³/mol. The Morgan fingerprint density at radius 3 is 1.61 bits per heavy atom. The summed E-state index contributed by atoms with van der Waals surface area (Å²) in [5.41, 5.74) is 11.1. The van der Waals surface area contributed by atoms with Gasteiger partial charge in [-0.15, -0.1) is 0 Å². The molecule has 0 radical (unpaired) electrons. The molecule has 164 valence electrons. The Hall–Kier alpha value is -2.81. The molecule has 2 aromatic carbocycles. The summed E-state index contributed by atoms with van der Waals surface area (Å²) in [5.74, 6) is 1.84. The molecule has 0 saturated heterocycles. The average molecular weight is 418 g/mol. The van der Waals surface area contributed by atoms with Crippen molar-refractivity contribution in [2.45, 2.75) is 60.3 Å². The highest BCUT2D eigenvalue weighted by atomic mass is 16.5. The van der Waals surface area contributed by atoms with Crippen LogP contribution in [0.4, 0.5) is 0 Å². The molecule has 3 nitrogen and oxygen atoms in total. The quantitative estimate of drug-likeness (QED) is 0.391. The maximum Gasteiger partial charge on any atom is 0.121 e. The summed E-state index contributed by atoms with van der Waals surface area (Å²) in [6, 6.07) is 13.0. The number of benzene rings is 2. The van der Waals surface area contributed by atoms with Gasteiger partial charge in [-0.1, -0.05) is 39.3 Å². The van der Waals surface area contributed by atoms with E-state index in [9.17, 15) is 0 Å². The SMILES string of the molecule is CCCc1nc(CC)c(-c2ccc(OC)c(C)c2)c(CC)c1-c1ccc(OC)c(C)c1. The molecule has 0 atom stereocenters. The monoisotopic (exact) mass is 417 g/mol. The first kappa shape index (κ1) is 22.9. The van der Waals surface area contributed by atoms with Gasteiger partial charge in [0.05, 0.1) is 14.2 Å². The Balaban J connectivity index is 2.35. The van der Waals surface area contributed by atoms with E-state index in [0.717, 1.165) is 48.3 Å². The molecule has 0 saturated carbocycles. The van der Waals surface area contributed by atoms with Gasteiger partial charge in [0, 0.05) is 22.5 Å². The number of hydrogen-bond donors (Lipinski definition) is 0. The maximum absolute atomic E-state index is 5.51. The highest BCUT2D eigenvalue weighted by Gasteiger charge is 2.21. The molecule has 31 heavy (non-hydrogen) atoms. The van der Waals surface area contributed by atoms with E-state index in [1.807, 2.05) is 0 Å². The van der Waals surface area contributed by atoms with E-state index >= 15 is 0 Å². The molecule has 0 bridgehead atoms. The molecule has 0 fully saturated rings. The van der Waals surface area contributed by atoms with E-state index in [-0.39, 0.29) is 0 Å². The van der Waals surface area contributed by atoms with Crippen molar-refractivity contribution in [3.05, 3.63) is 64.5 Å². The lowest BCUT2D eigenvalue weighted by Gasteiger charge is -2.22. The summed E-state index contributed by atoms with van der Waals surface area (Å²) in [4.78, 5) is 5.22. The molecule has 0 unspecified atom stereocenters. The molecule has 0 aliphatic rings. The van der Waals surface area contributed by atoms with Gasteiger partial charge in [-0.05, 0) is 85.2 Å². The van der Waals surface area contributed by atoms with E-state index < -0.39 is 0 Å². The highest BCUT2D eigenvalue weighted by Crippen LogP contribution is 2.39. The topological polar surface area (TPSA) is 31.4 Å². The van der Waals surface area contributed by atoms with E-state index in [0.29, 0.717) is 0 Å². The van der Waals surface area contributed by atoms with Crippen LogP contribution < -0.4 is 9.47 Å². The minimum Gasteiger partial charge on any atom is -0.496 e. The summed E-state index contributed by atoms with van der Waals surface area (Å²) < 4.78 is 11.0. The Bertz CT molecular complexity index is 1070. The first-order valence-electron chi connectivity index (χ1n) is 11.3. The largest absolute Gasteiger partial charge is 0.496 e. The zero-order valence-corrected chi connectivity index (χ0v) is 20.1. The van der Waals surface area contributed by atoms with E-state index in [1.165, 1.54) is 39.2 Å². The highest BCUT2D eigenvalue weighted by molar-refractivity contribution is 5.82. The van der Waals surface area contributed by atoms with Gasteiger partial charge in [0.25, 0.3) is 0 Å². The summed E-state index contributed by atoms with van der Waals surface area (Å²) >= 11 is 0. The molecule has 3 rings (SSSR count). The van der Waals surface area contributed by atoms with Crippen molar-refractivity contribution in [2.24, 2.45) is 0 Å². The Labute approximate surface area is 187 Å². The second-order valence-electron chi connectivity index (χ2n) is 8.06. The van der Waals surface area contributed by atoms with E-state index in [2.05, 4.69) is 71.0 Å². The Kier molecular flexibility index (Phi) is 7.37. The summed E-state index contributed by atoms with van der Waals surface area (Å²) in [7, 11) is 3.45. The average Bonchev–Trinajstić information content (AvgIpc) is 2.78. The van der Waals surface area contributed by atoms with Crippen LogP contribution in [0.3, 0.4) is 0 Å². The van der Waals surface area contributed by atoms with Crippen LogP contribution in [-0.2, 0) is 19.3 Å². The van der Waals surface area contributed by atoms with Crippen molar-refractivity contribution in [1.82, 2.24) is 4.98 Å². The van der Waals surface area contributed by atoms with Crippen LogP contribution in [0.15, 0.2) is 36.4 Å². The lowest BCUT2D eigenvalue weighted by atomic mass is 9.86. The summed E-state index contributed by atoms with van der Waals surface area (Å²) in [6.45, 7) is 10.9. The molecule has 0 aliphatic heterocycles. The molecular formula is C28H35NO2. The van der Waals surface area contributed by atoms with Gasteiger partial charge in [0.2, 0.25) is 0 Å². The molecule has 3 aromatic rings. The van der Waals surface area contributed by atoms with Crippen molar-refractivity contribution >= 4 is 0 Å². The lowest BCUT2D eigenvalue weighted by molar-refractivity contribution is 0.411. The fourth-order valence-corrected chi connectivity index (χ4v) is 4.52. The third-order valence-electron chi connectivity index (χ3n) is 5.99. The zero-order chi connectivity index (χ0) is 22.5. The van der Waals surface area contributed by atoms with Gasteiger partial charge in [-0.2, -0.15) is 0 Å². The van der Waals surface area contributed by atoms with Crippen molar-refractivity contribution < 1.29 is 9.47 Å². The number of hydrogen-bond acceptors (Lipinski definition) is 3. The summed E-state index contributed by atoms with van der Waals surface area (Å²) in [6.07, 6.45) is 3.91. The summed E-state index contributed by atoms with van der Waals surface area (Å²) in [5, 5.41) is 0. The van der Waals surface area contributed by atoms with Gasteiger partial charge in [0.1, 0.15) is 11.5 Å². The van der Waals surface area contributed by atoms with Crippen LogP contribution in [0.1, 0.15) is 55.3 Å². The second-order valence-corrected chi connectivity index (χ2v) is 8.06. The van der Waals surface area contributed by atoms with Crippen molar-refractivity contribution in [3.8, 4) is 33.8 Å². The number of nitrogens with zero attached hydrogens (tertiary/aromatic N) is 1. The number of rotatable bonds is 8. The Morgan fingerprint density at radius 1 is 0.710 bits per heavy atom. The maximum atomic E-state index is 5.51. The van der Waals surface area contributed by atoms with Gasteiger partial charge < -0.3 is 9.47 Å². The third-order valence-corrected chi connectivity index (χ3v) is 5.99. The number of methoxy groups -OCH3 is 2. The van der Waals surface area contributed by atoms with Crippen LogP contribution >= 0.6 is 0 Å². The fourth-order valence-electron chi connectivity index (χ4n) is 4.52. The smallest absolute Gasteiger partial charge is 0.121 e. The van der Waals surface area contributed by atoms with Gasteiger partial charge in [-0.3, -0.25) is 4.98 Å². The molecule has 1 heterocycles. The first-order valence-corrected chi connectivity index (χ1v) is 11.3. The molecular weight excluding hydrogens is 382 g/mol. The standard InChI is InChI=1S/C28H35NO2/c1-8-11-24-28(21-13-15-26(31-7)19(5)17-21)22(9-2)27(23(10-3)29-24)20-12-14-25(30-6)18(4)16-20/h12-17H,8-11H2,1-7H3. The van der Waals surface area contributed by atoms with Crippen molar-refractivity contribution in [2.75, 3.05) is 14.2 Å². The van der Waals surface area contributed by atoms with Gasteiger partial charge in [-0.25, -0.2) is 0 Å². The molecule has 0 amide bonds. The lowest BCUT2D eigenvalue weighted by Crippen LogP contribution is -2.07. The molecule has 0 spiro atoms. The van der Waals surface area contributed by atoms with E-state index in [1.54, 1.807) is 14.2 Å². The third kappa shape index (κ3) is 4.46. The minimum absolute atomic E-state index is 0.909. The predicted octanol–water partition coefficient (Wildman–Crippen LogP) is 7.13. The second kappa shape index (κ2) is 10.00. The van der Waals surface area contributed by atoms with Crippen LogP contribution in [0, 0.1) is 13.8 Å². The van der Waals surface area contributed by atoms with Crippen molar-refractivity contribution in [1.29, 1.82) is 0 Å². The number of pyridine rings is 1. The van der Waals surface area contributed by atoms with Crippen molar-refractivity contribution in [3.63, 3.8) is 0 Å². The number of aryl methyl sites for hydroxylation is 4.